The minimum Gasteiger partial charge on any atom is -0.488 e. The van der Waals surface area contributed by atoms with Gasteiger partial charge in [0, 0.05) is 19.1 Å². The molecule has 0 aromatic heterocycles. The first-order chi connectivity index (χ1) is 9.78. The third-order valence-electron chi connectivity index (χ3n) is 3.82. The van der Waals surface area contributed by atoms with E-state index in [1.807, 2.05) is 18.2 Å². The molecule has 3 nitrogen and oxygen atoms in total. The molecule has 0 heterocycles. The van der Waals surface area contributed by atoms with Crippen molar-refractivity contribution in [2.75, 3.05) is 6.61 Å². The molecule has 0 aliphatic heterocycles. The second kappa shape index (κ2) is 5.81. The summed E-state index contributed by atoms with van der Waals surface area (Å²) in [7, 11) is 0. The average Bonchev–Trinajstić information content (AvgIpc) is 2.47. The van der Waals surface area contributed by atoms with Crippen molar-refractivity contribution in [2.24, 2.45) is 5.73 Å². The molecule has 0 bridgehead atoms. The van der Waals surface area contributed by atoms with Crippen LogP contribution >= 0.6 is 0 Å². The summed E-state index contributed by atoms with van der Waals surface area (Å²) < 4.78 is 11.8. The van der Waals surface area contributed by atoms with Gasteiger partial charge in [0.15, 0.2) is 0 Å². The highest BCUT2D eigenvalue weighted by molar-refractivity contribution is 5.83. The fraction of sp³-hybridized carbons (Fsp3) is 0.412. The van der Waals surface area contributed by atoms with Gasteiger partial charge >= 0.3 is 0 Å². The van der Waals surface area contributed by atoms with Crippen LogP contribution in [-0.4, -0.2) is 24.9 Å². The Bertz CT molecular complexity index is 584. The van der Waals surface area contributed by atoms with Crippen LogP contribution in [0.1, 0.15) is 19.8 Å². The standard InChI is InChI=1S/C17H21NO2/c1-2-9-19-17-15(18)11-16(17)20-14-8-7-12-5-3-4-6-13(12)10-14/h3-8,10,15-17H,2,9,11,18H2,1H3. The minimum absolute atomic E-state index is 0.0291. The number of benzene rings is 2. The SMILES string of the molecule is CCCOC1C(N)CC1Oc1ccc2ccccc2c1. The maximum atomic E-state index is 6.03. The first-order valence-corrected chi connectivity index (χ1v) is 7.30. The summed E-state index contributed by atoms with van der Waals surface area (Å²) in [6, 6.07) is 14.6. The first-order valence-electron chi connectivity index (χ1n) is 7.30. The normalized spacial score (nSPS) is 25.4. The monoisotopic (exact) mass is 271 g/mol. The maximum absolute atomic E-state index is 6.03. The van der Waals surface area contributed by atoms with E-state index in [2.05, 4.69) is 31.2 Å². The van der Waals surface area contributed by atoms with Crippen LogP contribution in [0, 0.1) is 0 Å². The molecule has 2 N–H and O–H groups in total. The van der Waals surface area contributed by atoms with Gasteiger partial charge in [-0.2, -0.15) is 0 Å². The molecule has 1 fully saturated rings. The molecule has 0 saturated heterocycles. The number of rotatable bonds is 5. The summed E-state index contributed by atoms with van der Waals surface area (Å²) >= 11 is 0. The van der Waals surface area contributed by atoms with Crippen molar-refractivity contribution in [3.8, 4) is 5.75 Å². The average molecular weight is 271 g/mol. The van der Waals surface area contributed by atoms with Gasteiger partial charge < -0.3 is 15.2 Å². The van der Waals surface area contributed by atoms with Crippen molar-refractivity contribution in [1.82, 2.24) is 0 Å². The summed E-state index contributed by atoms with van der Waals surface area (Å²) in [6.45, 7) is 2.85. The Kier molecular flexibility index (Phi) is 3.90. The van der Waals surface area contributed by atoms with E-state index in [9.17, 15) is 0 Å². The molecule has 3 atom stereocenters. The first kappa shape index (κ1) is 13.4. The van der Waals surface area contributed by atoms with Gasteiger partial charge in [-0.25, -0.2) is 0 Å². The fourth-order valence-electron chi connectivity index (χ4n) is 2.63. The van der Waals surface area contributed by atoms with Gasteiger partial charge in [-0.15, -0.1) is 0 Å². The molecule has 3 rings (SSSR count). The molecular formula is C17H21NO2. The highest BCUT2D eigenvalue weighted by Crippen LogP contribution is 2.29. The van der Waals surface area contributed by atoms with E-state index in [1.54, 1.807) is 0 Å². The fourth-order valence-corrected chi connectivity index (χ4v) is 2.63. The van der Waals surface area contributed by atoms with Crippen LogP contribution < -0.4 is 10.5 Å². The van der Waals surface area contributed by atoms with Crippen molar-refractivity contribution in [3.05, 3.63) is 42.5 Å². The van der Waals surface area contributed by atoms with E-state index in [-0.39, 0.29) is 18.2 Å². The van der Waals surface area contributed by atoms with Gasteiger partial charge in [-0.3, -0.25) is 0 Å². The molecule has 3 heteroatoms. The molecule has 3 unspecified atom stereocenters. The Hall–Kier alpha value is -1.58. The van der Waals surface area contributed by atoms with Crippen molar-refractivity contribution in [2.45, 2.75) is 38.0 Å². The lowest BCUT2D eigenvalue weighted by Crippen LogP contribution is -2.59. The van der Waals surface area contributed by atoms with E-state index in [4.69, 9.17) is 15.2 Å². The molecule has 0 radical (unpaired) electrons. The molecular weight excluding hydrogens is 250 g/mol. The van der Waals surface area contributed by atoms with Crippen molar-refractivity contribution in [3.63, 3.8) is 0 Å². The molecule has 1 aliphatic rings. The summed E-state index contributed by atoms with van der Waals surface area (Å²) in [6.07, 6.45) is 1.98. The van der Waals surface area contributed by atoms with Gasteiger partial charge in [0.25, 0.3) is 0 Å². The predicted molar refractivity (Wildman–Crippen MR) is 81.0 cm³/mol. The number of hydrogen-bond acceptors (Lipinski definition) is 3. The predicted octanol–water partition coefficient (Wildman–Crippen LogP) is 3.11. The lowest BCUT2D eigenvalue weighted by Gasteiger charge is -2.41. The van der Waals surface area contributed by atoms with Gasteiger partial charge in [0.05, 0.1) is 0 Å². The number of ether oxygens (including phenoxy) is 2. The lowest BCUT2D eigenvalue weighted by molar-refractivity contribution is -0.0979. The lowest BCUT2D eigenvalue weighted by atomic mass is 9.86. The number of nitrogens with two attached hydrogens (primary N) is 1. The smallest absolute Gasteiger partial charge is 0.128 e. The molecule has 2 aromatic carbocycles. The van der Waals surface area contributed by atoms with E-state index < -0.39 is 0 Å². The molecule has 0 spiro atoms. The maximum Gasteiger partial charge on any atom is 0.128 e. The van der Waals surface area contributed by atoms with E-state index >= 15 is 0 Å². The van der Waals surface area contributed by atoms with Crippen molar-refractivity contribution >= 4 is 10.8 Å². The zero-order chi connectivity index (χ0) is 13.9. The molecule has 106 valence electrons. The largest absolute Gasteiger partial charge is 0.488 e. The summed E-state index contributed by atoms with van der Waals surface area (Å²) in [5.41, 5.74) is 5.99. The van der Waals surface area contributed by atoms with Crippen LogP contribution in [0.2, 0.25) is 0 Å². The minimum atomic E-state index is 0.0291. The molecule has 1 saturated carbocycles. The second-order valence-electron chi connectivity index (χ2n) is 5.40. The zero-order valence-electron chi connectivity index (χ0n) is 11.8. The Labute approximate surface area is 119 Å². The van der Waals surface area contributed by atoms with Crippen LogP contribution in [0.4, 0.5) is 0 Å². The summed E-state index contributed by atoms with van der Waals surface area (Å²) in [4.78, 5) is 0. The Morgan fingerprint density at radius 2 is 1.95 bits per heavy atom. The topological polar surface area (TPSA) is 44.5 Å². The van der Waals surface area contributed by atoms with Crippen LogP contribution in [0.3, 0.4) is 0 Å². The van der Waals surface area contributed by atoms with E-state index in [0.717, 1.165) is 25.2 Å². The van der Waals surface area contributed by atoms with Crippen LogP contribution in [0.15, 0.2) is 42.5 Å². The molecule has 2 aromatic rings. The van der Waals surface area contributed by atoms with Gasteiger partial charge in [0.2, 0.25) is 0 Å². The van der Waals surface area contributed by atoms with Crippen LogP contribution in [0.5, 0.6) is 5.75 Å². The summed E-state index contributed by atoms with van der Waals surface area (Å²) in [5, 5.41) is 2.42. The Morgan fingerprint density at radius 3 is 2.70 bits per heavy atom. The quantitative estimate of drug-likeness (QED) is 0.908. The third kappa shape index (κ3) is 2.65. The Balaban J connectivity index is 1.69. The summed E-state index contributed by atoms with van der Waals surface area (Å²) in [5.74, 6) is 0.894. The van der Waals surface area contributed by atoms with E-state index in [1.165, 1.54) is 10.8 Å². The second-order valence-corrected chi connectivity index (χ2v) is 5.40. The van der Waals surface area contributed by atoms with Crippen LogP contribution in [0.25, 0.3) is 10.8 Å². The molecule has 1 aliphatic carbocycles. The van der Waals surface area contributed by atoms with Crippen LogP contribution in [-0.2, 0) is 4.74 Å². The van der Waals surface area contributed by atoms with Gasteiger partial charge in [-0.1, -0.05) is 37.3 Å². The number of hydrogen-bond donors (Lipinski definition) is 1. The van der Waals surface area contributed by atoms with Gasteiger partial charge in [0.1, 0.15) is 18.0 Å². The zero-order valence-corrected chi connectivity index (χ0v) is 11.8. The van der Waals surface area contributed by atoms with Gasteiger partial charge in [-0.05, 0) is 29.3 Å². The Morgan fingerprint density at radius 1 is 1.15 bits per heavy atom. The molecule has 20 heavy (non-hydrogen) atoms. The third-order valence-corrected chi connectivity index (χ3v) is 3.82. The highest BCUT2D eigenvalue weighted by atomic mass is 16.5. The van der Waals surface area contributed by atoms with Crippen molar-refractivity contribution < 1.29 is 9.47 Å². The molecule has 0 amide bonds. The van der Waals surface area contributed by atoms with Crippen molar-refractivity contribution in [1.29, 1.82) is 0 Å². The van der Waals surface area contributed by atoms with E-state index in [0.29, 0.717) is 0 Å². The highest BCUT2D eigenvalue weighted by Gasteiger charge is 2.41. The number of fused-ring (bicyclic) bond motifs is 1.